The van der Waals surface area contributed by atoms with Crippen molar-refractivity contribution in [3.05, 3.63) is 71.3 Å². The van der Waals surface area contributed by atoms with E-state index in [1.807, 2.05) is 6.07 Å². The largest absolute Gasteiger partial charge is 0.356 e. The number of carbonyl (C=O) groups excluding carboxylic acids is 1. The summed E-state index contributed by atoms with van der Waals surface area (Å²) in [5.74, 6) is 0.873. The van der Waals surface area contributed by atoms with E-state index in [0.29, 0.717) is 11.3 Å². The lowest BCUT2D eigenvalue weighted by atomic mass is 9.74. The SMILES string of the molecule is O=C(NCCCN1CCC2(CCc3ccccc32)CC1)C1CC1c1ccccc1. The summed E-state index contributed by atoms with van der Waals surface area (Å²) in [5.41, 5.74) is 4.96. The van der Waals surface area contributed by atoms with E-state index in [1.165, 1.54) is 44.3 Å². The summed E-state index contributed by atoms with van der Waals surface area (Å²) in [4.78, 5) is 15.0. The zero-order valence-corrected chi connectivity index (χ0v) is 17.3. The van der Waals surface area contributed by atoms with Crippen molar-refractivity contribution in [1.82, 2.24) is 10.2 Å². The third-order valence-corrected chi connectivity index (χ3v) is 7.58. The van der Waals surface area contributed by atoms with Crippen LogP contribution in [0.4, 0.5) is 0 Å². The summed E-state index contributed by atoms with van der Waals surface area (Å²) in [6, 6.07) is 19.5. The van der Waals surface area contributed by atoms with Gasteiger partial charge >= 0.3 is 0 Å². The number of nitrogens with zero attached hydrogens (tertiary/aromatic N) is 1. The van der Waals surface area contributed by atoms with Gasteiger partial charge in [-0.15, -0.1) is 0 Å². The molecule has 152 valence electrons. The number of likely N-dealkylation sites (tertiary alicyclic amines) is 1. The molecule has 1 amide bonds. The maximum Gasteiger partial charge on any atom is 0.223 e. The molecule has 5 rings (SSSR count). The van der Waals surface area contributed by atoms with Crippen LogP contribution in [0.3, 0.4) is 0 Å². The maximum atomic E-state index is 12.4. The first-order valence-electron chi connectivity index (χ1n) is 11.4. The molecule has 1 saturated heterocycles. The molecule has 2 aromatic carbocycles. The van der Waals surface area contributed by atoms with Gasteiger partial charge in [-0.2, -0.15) is 0 Å². The quantitative estimate of drug-likeness (QED) is 0.749. The molecule has 1 heterocycles. The van der Waals surface area contributed by atoms with Crippen molar-refractivity contribution < 1.29 is 4.79 Å². The number of nitrogens with one attached hydrogen (secondary N) is 1. The van der Waals surface area contributed by atoms with Crippen LogP contribution in [0.15, 0.2) is 54.6 Å². The highest BCUT2D eigenvalue weighted by Crippen LogP contribution is 2.47. The predicted octanol–water partition coefficient (Wildman–Crippen LogP) is 4.28. The van der Waals surface area contributed by atoms with E-state index < -0.39 is 0 Å². The second kappa shape index (κ2) is 7.95. The number of fused-ring (bicyclic) bond motifs is 2. The minimum atomic E-state index is 0.190. The number of amides is 1. The van der Waals surface area contributed by atoms with Crippen molar-refractivity contribution in [2.45, 2.75) is 49.9 Å². The van der Waals surface area contributed by atoms with Crippen molar-refractivity contribution in [3.63, 3.8) is 0 Å². The van der Waals surface area contributed by atoms with Crippen LogP contribution in [0.5, 0.6) is 0 Å². The minimum Gasteiger partial charge on any atom is -0.356 e. The van der Waals surface area contributed by atoms with Crippen LogP contribution in [0.2, 0.25) is 0 Å². The Morgan fingerprint density at radius 3 is 2.59 bits per heavy atom. The van der Waals surface area contributed by atoms with Crippen LogP contribution in [0.25, 0.3) is 0 Å². The number of hydrogen-bond acceptors (Lipinski definition) is 2. The van der Waals surface area contributed by atoms with E-state index in [2.05, 4.69) is 58.7 Å². The Bertz CT molecular complexity index is 854. The van der Waals surface area contributed by atoms with Crippen LogP contribution >= 0.6 is 0 Å². The summed E-state index contributed by atoms with van der Waals surface area (Å²) in [6.07, 6.45) is 7.23. The molecule has 2 atom stereocenters. The van der Waals surface area contributed by atoms with E-state index in [4.69, 9.17) is 0 Å². The second-order valence-electron chi connectivity index (χ2n) is 9.28. The van der Waals surface area contributed by atoms with Gasteiger partial charge in [0.1, 0.15) is 0 Å². The van der Waals surface area contributed by atoms with Gasteiger partial charge in [0.05, 0.1) is 0 Å². The molecule has 1 aliphatic heterocycles. The third kappa shape index (κ3) is 3.85. The standard InChI is InChI=1S/C26H32N2O/c29-25(23-19-22(23)20-7-2-1-3-8-20)27-15-6-16-28-17-13-26(14-18-28)12-11-21-9-4-5-10-24(21)26/h1-5,7-10,22-23H,6,11-19H2,(H,27,29). The minimum absolute atomic E-state index is 0.190. The Morgan fingerprint density at radius 1 is 1.00 bits per heavy atom. The molecule has 2 unspecified atom stereocenters. The van der Waals surface area contributed by atoms with E-state index in [9.17, 15) is 4.79 Å². The Hall–Kier alpha value is -2.13. The molecule has 2 aromatic rings. The predicted molar refractivity (Wildman–Crippen MR) is 117 cm³/mol. The highest BCUT2D eigenvalue weighted by atomic mass is 16.2. The molecule has 3 aliphatic rings. The Morgan fingerprint density at radius 2 is 1.76 bits per heavy atom. The Balaban J connectivity index is 1.03. The van der Waals surface area contributed by atoms with Gasteiger partial charge in [-0.3, -0.25) is 4.79 Å². The van der Waals surface area contributed by atoms with Gasteiger partial charge < -0.3 is 10.2 Å². The van der Waals surface area contributed by atoms with Crippen molar-refractivity contribution in [1.29, 1.82) is 0 Å². The van der Waals surface area contributed by atoms with Crippen molar-refractivity contribution in [2.24, 2.45) is 5.92 Å². The highest BCUT2D eigenvalue weighted by molar-refractivity contribution is 5.82. The monoisotopic (exact) mass is 388 g/mol. The number of benzene rings is 2. The first kappa shape index (κ1) is 18.9. The normalized spacial score (nSPS) is 25.0. The molecular weight excluding hydrogens is 356 g/mol. The number of hydrogen-bond donors (Lipinski definition) is 1. The molecule has 0 aromatic heterocycles. The fraction of sp³-hybridized carbons (Fsp3) is 0.500. The average molecular weight is 389 g/mol. The van der Waals surface area contributed by atoms with E-state index in [-0.39, 0.29) is 11.8 Å². The molecule has 1 spiro atoms. The summed E-state index contributed by atoms with van der Waals surface area (Å²) < 4.78 is 0. The zero-order valence-electron chi connectivity index (χ0n) is 17.3. The fourth-order valence-electron chi connectivity index (χ4n) is 5.69. The van der Waals surface area contributed by atoms with Crippen LogP contribution in [0, 0.1) is 5.92 Å². The van der Waals surface area contributed by atoms with E-state index >= 15 is 0 Å². The molecule has 3 nitrogen and oxygen atoms in total. The van der Waals surface area contributed by atoms with E-state index in [0.717, 1.165) is 25.9 Å². The molecule has 1 N–H and O–H groups in total. The summed E-state index contributed by atoms with van der Waals surface area (Å²) in [6.45, 7) is 4.30. The molecule has 0 bridgehead atoms. The van der Waals surface area contributed by atoms with Gasteiger partial charge in [-0.25, -0.2) is 0 Å². The van der Waals surface area contributed by atoms with E-state index in [1.54, 1.807) is 11.1 Å². The molecule has 29 heavy (non-hydrogen) atoms. The average Bonchev–Trinajstić information content (AvgIpc) is 3.51. The second-order valence-corrected chi connectivity index (χ2v) is 9.28. The van der Waals surface area contributed by atoms with Gasteiger partial charge in [0.2, 0.25) is 5.91 Å². The van der Waals surface area contributed by atoms with Crippen LogP contribution in [-0.2, 0) is 16.6 Å². The number of piperidine rings is 1. The molecular formula is C26H32N2O. The fourth-order valence-corrected chi connectivity index (χ4v) is 5.69. The molecule has 1 saturated carbocycles. The molecule has 0 radical (unpaired) electrons. The zero-order chi connectivity index (χ0) is 19.7. The van der Waals surface area contributed by atoms with Gasteiger partial charge in [0.25, 0.3) is 0 Å². The molecule has 2 aliphatic carbocycles. The topological polar surface area (TPSA) is 32.3 Å². The van der Waals surface area contributed by atoms with Crippen molar-refractivity contribution in [3.8, 4) is 0 Å². The van der Waals surface area contributed by atoms with Crippen LogP contribution < -0.4 is 5.32 Å². The first-order valence-corrected chi connectivity index (χ1v) is 11.4. The first-order chi connectivity index (χ1) is 14.3. The maximum absolute atomic E-state index is 12.4. The summed E-state index contributed by atoms with van der Waals surface area (Å²) in [5, 5.41) is 3.18. The number of carbonyl (C=O) groups is 1. The van der Waals surface area contributed by atoms with Crippen LogP contribution in [-0.4, -0.2) is 37.0 Å². The third-order valence-electron chi connectivity index (χ3n) is 7.58. The number of aryl methyl sites for hydroxylation is 1. The molecule has 3 heteroatoms. The van der Waals surface area contributed by atoms with Crippen molar-refractivity contribution >= 4 is 5.91 Å². The molecule has 2 fully saturated rings. The van der Waals surface area contributed by atoms with Gasteiger partial charge in [-0.05, 0) is 86.2 Å². The van der Waals surface area contributed by atoms with Gasteiger partial charge in [0, 0.05) is 12.5 Å². The van der Waals surface area contributed by atoms with Crippen LogP contribution in [0.1, 0.15) is 54.7 Å². The lowest BCUT2D eigenvalue weighted by Crippen LogP contribution is -2.42. The lowest BCUT2D eigenvalue weighted by Gasteiger charge is -2.40. The lowest BCUT2D eigenvalue weighted by molar-refractivity contribution is -0.122. The van der Waals surface area contributed by atoms with Gasteiger partial charge in [0.15, 0.2) is 0 Å². The summed E-state index contributed by atoms with van der Waals surface area (Å²) >= 11 is 0. The Kier molecular flexibility index (Phi) is 5.17. The highest BCUT2D eigenvalue weighted by Gasteiger charge is 2.43. The number of rotatable bonds is 6. The van der Waals surface area contributed by atoms with Gasteiger partial charge in [-0.1, -0.05) is 54.6 Å². The Labute approximate surface area is 174 Å². The smallest absolute Gasteiger partial charge is 0.223 e. The summed E-state index contributed by atoms with van der Waals surface area (Å²) in [7, 11) is 0. The van der Waals surface area contributed by atoms with Crippen molar-refractivity contribution in [2.75, 3.05) is 26.2 Å².